The Hall–Kier alpha value is -2.42. The minimum Gasteiger partial charge on any atom is -0.478 e. The summed E-state index contributed by atoms with van der Waals surface area (Å²) in [7, 11) is 0. The summed E-state index contributed by atoms with van der Waals surface area (Å²) in [4.78, 5) is 22.5. The molecule has 0 bridgehead atoms. The Labute approximate surface area is 117 Å². The number of rotatable bonds is 6. The molecule has 0 aliphatic rings. The first-order valence-corrected chi connectivity index (χ1v) is 6.28. The molecule has 0 saturated heterocycles. The summed E-state index contributed by atoms with van der Waals surface area (Å²) in [5.41, 5.74) is 0.0981. The number of nitrogens with one attached hydrogen (secondary N) is 2. The fourth-order valence-electron chi connectivity index (χ4n) is 1.69. The van der Waals surface area contributed by atoms with Crippen molar-refractivity contribution in [2.45, 2.75) is 39.3 Å². The number of carbonyl (C=O) groups is 2. The van der Waals surface area contributed by atoms with Crippen LogP contribution in [0.2, 0.25) is 0 Å². The van der Waals surface area contributed by atoms with Crippen molar-refractivity contribution < 1.29 is 19.1 Å². The van der Waals surface area contributed by atoms with Crippen LogP contribution in [-0.4, -0.2) is 23.1 Å². The zero-order chi connectivity index (χ0) is 15.1. The van der Waals surface area contributed by atoms with Gasteiger partial charge in [-0.15, -0.1) is 12.3 Å². The highest BCUT2D eigenvalue weighted by Gasteiger charge is 2.14. The third kappa shape index (κ3) is 4.35. The van der Waals surface area contributed by atoms with Crippen LogP contribution in [0.4, 0.5) is 4.79 Å². The third-order valence-corrected chi connectivity index (χ3v) is 2.81. The predicted octanol–water partition coefficient (Wildman–Crippen LogP) is 1.89. The Bertz CT molecular complexity index is 528. The molecule has 1 heterocycles. The molecular weight excluding hydrogens is 260 g/mol. The van der Waals surface area contributed by atoms with E-state index in [1.165, 1.54) is 6.07 Å². The maximum atomic E-state index is 11.6. The zero-order valence-electron chi connectivity index (χ0n) is 11.5. The van der Waals surface area contributed by atoms with E-state index in [1.807, 2.05) is 6.92 Å². The van der Waals surface area contributed by atoms with E-state index >= 15 is 0 Å². The van der Waals surface area contributed by atoms with Crippen LogP contribution in [0.3, 0.4) is 0 Å². The van der Waals surface area contributed by atoms with Gasteiger partial charge >= 0.3 is 12.0 Å². The van der Waals surface area contributed by atoms with E-state index in [2.05, 4.69) is 16.6 Å². The monoisotopic (exact) mass is 278 g/mol. The van der Waals surface area contributed by atoms with Crippen molar-refractivity contribution in [3.05, 3.63) is 23.2 Å². The summed E-state index contributed by atoms with van der Waals surface area (Å²) < 4.78 is 5.25. The van der Waals surface area contributed by atoms with Crippen molar-refractivity contribution in [1.29, 1.82) is 0 Å². The highest BCUT2D eigenvalue weighted by molar-refractivity contribution is 5.88. The molecule has 0 saturated carbocycles. The van der Waals surface area contributed by atoms with Gasteiger partial charge in [-0.3, -0.25) is 0 Å². The van der Waals surface area contributed by atoms with Gasteiger partial charge in [-0.05, 0) is 19.4 Å². The molecule has 0 spiro atoms. The number of furan rings is 1. The Morgan fingerprint density at radius 2 is 2.25 bits per heavy atom. The number of hydrogen-bond acceptors (Lipinski definition) is 3. The number of carboxylic acids is 1. The van der Waals surface area contributed by atoms with Crippen LogP contribution in [0.1, 0.15) is 41.6 Å². The van der Waals surface area contributed by atoms with Crippen LogP contribution in [0.5, 0.6) is 0 Å². The average molecular weight is 278 g/mol. The molecule has 6 nitrogen and oxygen atoms in total. The van der Waals surface area contributed by atoms with E-state index in [0.29, 0.717) is 17.9 Å². The van der Waals surface area contributed by atoms with Crippen LogP contribution in [0, 0.1) is 19.3 Å². The van der Waals surface area contributed by atoms with Crippen molar-refractivity contribution in [1.82, 2.24) is 10.6 Å². The van der Waals surface area contributed by atoms with Gasteiger partial charge in [-0.25, -0.2) is 9.59 Å². The molecule has 108 valence electrons. The molecule has 6 heteroatoms. The molecule has 20 heavy (non-hydrogen) atoms. The highest BCUT2D eigenvalue weighted by atomic mass is 16.4. The Morgan fingerprint density at radius 1 is 1.55 bits per heavy atom. The predicted molar refractivity (Wildman–Crippen MR) is 73.3 cm³/mol. The molecule has 3 N–H and O–H groups in total. The fraction of sp³-hybridized carbons (Fsp3) is 0.429. The SMILES string of the molecule is C#CCC(CC)NC(=O)NCc1cc(C(=O)O)c(C)o1. The van der Waals surface area contributed by atoms with Gasteiger partial charge in [0.25, 0.3) is 0 Å². The van der Waals surface area contributed by atoms with E-state index in [9.17, 15) is 9.59 Å². The lowest BCUT2D eigenvalue weighted by atomic mass is 10.2. The van der Waals surface area contributed by atoms with Crippen LogP contribution in [0.15, 0.2) is 10.5 Å². The maximum Gasteiger partial charge on any atom is 0.339 e. The topological polar surface area (TPSA) is 91.6 Å². The van der Waals surface area contributed by atoms with E-state index in [-0.39, 0.29) is 24.2 Å². The Kier molecular flexibility index (Phi) is 5.66. The Morgan fingerprint density at radius 3 is 2.75 bits per heavy atom. The summed E-state index contributed by atoms with van der Waals surface area (Å²) >= 11 is 0. The lowest BCUT2D eigenvalue weighted by Gasteiger charge is -2.14. The average Bonchev–Trinajstić information content (AvgIpc) is 2.77. The largest absolute Gasteiger partial charge is 0.478 e. The van der Waals surface area contributed by atoms with Crippen LogP contribution in [0.25, 0.3) is 0 Å². The van der Waals surface area contributed by atoms with Gasteiger partial charge in [0.05, 0.1) is 6.54 Å². The first-order valence-electron chi connectivity index (χ1n) is 6.28. The summed E-state index contributed by atoms with van der Waals surface area (Å²) in [5, 5.41) is 14.2. The number of terminal acetylenes is 1. The minimum absolute atomic E-state index is 0.0760. The van der Waals surface area contributed by atoms with Gasteiger partial charge in [-0.1, -0.05) is 6.92 Å². The van der Waals surface area contributed by atoms with Gasteiger partial charge in [0.1, 0.15) is 17.1 Å². The van der Waals surface area contributed by atoms with Gasteiger partial charge < -0.3 is 20.2 Å². The molecule has 1 rings (SSSR count). The zero-order valence-corrected chi connectivity index (χ0v) is 11.5. The second kappa shape index (κ2) is 7.24. The van der Waals surface area contributed by atoms with Gasteiger partial charge in [0.15, 0.2) is 0 Å². The molecule has 0 fully saturated rings. The minimum atomic E-state index is -1.05. The normalized spacial score (nSPS) is 11.4. The van der Waals surface area contributed by atoms with E-state index < -0.39 is 5.97 Å². The molecule has 2 amide bonds. The second-order valence-electron chi connectivity index (χ2n) is 4.33. The van der Waals surface area contributed by atoms with Crippen LogP contribution >= 0.6 is 0 Å². The third-order valence-electron chi connectivity index (χ3n) is 2.81. The van der Waals surface area contributed by atoms with Crippen molar-refractivity contribution in [2.24, 2.45) is 0 Å². The summed E-state index contributed by atoms with van der Waals surface area (Å²) in [6.45, 7) is 3.61. The number of carboxylic acid groups (broad SMARTS) is 1. The second-order valence-corrected chi connectivity index (χ2v) is 4.33. The molecule has 1 aromatic heterocycles. The quantitative estimate of drug-likeness (QED) is 0.693. The number of hydrogen-bond donors (Lipinski definition) is 3. The molecule has 0 aliphatic heterocycles. The number of aryl methyl sites for hydroxylation is 1. The smallest absolute Gasteiger partial charge is 0.339 e. The van der Waals surface area contributed by atoms with Crippen molar-refractivity contribution >= 4 is 12.0 Å². The fourth-order valence-corrected chi connectivity index (χ4v) is 1.69. The first-order chi connectivity index (χ1) is 9.47. The lowest BCUT2D eigenvalue weighted by molar-refractivity contribution is 0.0695. The van der Waals surface area contributed by atoms with Gasteiger partial charge in [0, 0.05) is 12.5 Å². The van der Waals surface area contributed by atoms with Gasteiger partial charge in [0.2, 0.25) is 0 Å². The van der Waals surface area contributed by atoms with E-state index in [4.69, 9.17) is 15.9 Å². The van der Waals surface area contributed by atoms with Crippen molar-refractivity contribution in [2.75, 3.05) is 0 Å². The van der Waals surface area contributed by atoms with Crippen molar-refractivity contribution in [3.63, 3.8) is 0 Å². The van der Waals surface area contributed by atoms with Crippen LogP contribution < -0.4 is 10.6 Å². The molecule has 0 radical (unpaired) electrons. The summed E-state index contributed by atoms with van der Waals surface area (Å²) in [5.74, 6) is 2.14. The first kappa shape index (κ1) is 15.6. The molecule has 0 aromatic carbocycles. The number of carbonyl (C=O) groups excluding carboxylic acids is 1. The summed E-state index contributed by atoms with van der Waals surface area (Å²) in [6, 6.07) is 0.961. The van der Waals surface area contributed by atoms with Crippen molar-refractivity contribution in [3.8, 4) is 12.3 Å². The molecule has 1 atom stereocenters. The molecule has 1 aromatic rings. The van der Waals surface area contributed by atoms with E-state index in [0.717, 1.165) is 6.42 Å². The molecule has 0 aliphatic carbocycles. The Balaban J connectivity index is 2.51. The molecular formula is C14H18N2O4. The number of urea groups is 1. The molecule has 1 unspecified atom stereocenters. The lowest BCUT2D eigenvalue weighted by Crippen LogP contribution is -2.41. The maximum absolute atomic E-state index is 11.6. The van der Waals surface area contributed by atoms with Crippen LogP contribution in [-0.2, 0) is 6.54 Å². The number of aromatic carboxylic acids is 1. The van der Waals surface area contributed by atoms with E-state index in [1.54, 1.807) is 6.92 Å². The highest BCUT2D eigenvalue weighted by Crippen LogP contribution is 2.14. The van der Waals surface area contributed by atoms with Gasteiger partial charge in [-0.2, -0.15) is 0 Å². The summed E-state index contributed by atoms with van der Waals surface area (Å²) in [6.07, 6.45) is 6.40. The number of amides is 2. The standard InChI is InChI=1S/C14H18N2O4/c1-4-6-10(5-2)16-14(19)15-8-11-7-12(13(17)18)9(3)20-11/h1,7,10H,5-6,8H2,2-3H3,(H,17,18)(H2,15,16,19).